The molecule has 6 nitrogen and oxygen atoms in total. The van der Waals surface area contributed by atoms with Crippen molar-refractivity contribution in [1.29, 1.82) is 0 Å². The topological polar surface area (TPSA) is 88.3 Å². The Hall–Kier alpha value is -2.80. The Morgan fingerprint density at radius 1 is 1.19 bits per heavy atom. The van der Waals surface area contributed by atoms with Crippen LogP contribution in [0, 0.1) is 0 Å². The lowest BCUT2D eigenvalue weighted by atomic mass is 10.1. The van der Waals surface area contributed by atoms with Gasteiger partial charge >= 0.3 is 0 Å². The zero-order valence-electron chi connectivity index (χ0n) is 14.6. The number of carbonyl (C=O) groups excluding carboxylic acids is 1. The summed E-state index contributed by atoms with van der Waals surface area (Å²) >= 11 is 0. The van der Waals surface area contributed by atoms with Gasteiger partial charge in [-0.15, -0.1) is 0 Å². The summed E-state index contributed by atoms with van der Waals surface area (Å²) in [4.78, 5) is 15.6. The zero-order valence-corrected chi connectivity index (χ0v) is 15.4. The van der Waals surface area contributed by atoms with Gasteiger partial charge in [0.1, 0.15) is 10.6 Å². The lowest BCUT2D eigenvalue weighted by Crippen LogP contribution is -2.25. The first-order valence-electron chi connectivity index (χ1n) is 8.11. The molecule has 3 rings (SSSR count). The number of ether oxygens (including phenoxy) is 1. The number of sulfone groups is 1. The molecule has 0 atom stereocenters. The fourth-order valence-corrected chi connectivity index (χ4v) is 3.72. The summed E-state index contributed by atoms with van der Waals surface area (Å²) in [5.41, 5.74) is 2.46. The van der Waals surface area contributed by atoms with Gasteiger partial charge in [-0.2, -0.15) is 0 Å². The molecule has 0 aliphatic carbocycles. The van der Waals surface area contributed by atoms with E-state index >= 15 is 0 Å². The van der Waals surface area contributed by atoms with Crippen LogP contribution in [-0.2, 0) is 16.3 Å². The highest BCUT2D eigenvalue weighted by atomic mass is 32.2. The Kier molecular flexibility index (Phi) is 4.99. The summed E-state index contributed by atoms with van der Waals surface area (Å²) in [6.45, 7) is 0.445. The molecule has 0 saturated heterocycles. The number of carbonyl (C=O) groups is 1. The van der Waals surface area contributed by atoms with Crippen molar-refractivity contribution in [2.45, 2.75) is 11.3 Å². The van der Waals surface area contributed by atoms with Crippen molar-refractivity contribution in [2.24, 2.45) is 0 Å². The van der Waals surface area contributed by atoms with Crippen molar-refractivity contribution in [2.75, 3.05) is 19.9 Å². The van der Waals surface area contributed by atoms with Crippen molar-refractivity contribution in [3.63, 3.8) is 0 Å². The highest BCUT2D eigenvalue weighted by Crippen LogP contribution is 2.24. The van der Waals surface area contributed by atoms with Crippen molar-refractivity contribution >= 4 is 26.6 Å². The summed E-state index contributed by atoms with van der Waals surface area (Å²) in [6, 6.07) is 12.4. The first-order chi connectivity index (χ1) is 12.4. The van der Waals surface area contributed by atoms with E-state index in [0.717, 1.165) is 22.7 Å². The number of aromatic nitrogens is 1. The number of H-pyrrole nitrogens is 1. The maximum Gasteiger partial charge on any atom is 0.251 e. The minimum absolute atomic E-state index is 0.00396. The number of fused-ring (bicyclic) bond motifs is 1. The lowest BCUT2D eigenvalue weighted by Gasteiger charge is -2.10. The number of rotatable bonds is 6. The number of amides is 1. The van der Waals surface area contributed by atoms with Gasteiger partial charge in [0.05, 0.1) is 7.11 Å². The van der Waals surface area contributed by atoms with Gasteiger partial charge in [-0.3, -0.25) is 4.79 Å². The Labute approximate surface area is 152 Å². The van der Waals surface area contributed by atoms with E-state index in [1.807, 2.05) is 30.5 Å². The number of hydrogen-bond donors (Lipinski definition) is 2. The zero-order chi connectivity index (χ0) is 18.7. The molecule has 0 aliphatic rings. The predicted molar refractivity (Wildman–Crippen MR) is 100 cm³/mol. The standard InChI is InChI=1S/C19H20N2O4S/c1-25-17-8-7-13(11-18(17)26(2,23)24)19(22)20-10-9-14-12-21-16-6-4-3-5-15(14)16/h3-8,11-12,21H,9-10H2,1-2H3,(H,20,22). The number of methoxy groups -OCH3 is 1. The molecular weight excluding hydrogens is 352 g/mol. The summed E-state index contributed by atoms with van der Waals surface area (Å²) in [5, 5.41) is 3.96. The van der Waals surface area contributed by atoms with Gasteiger partial charge in [-0.1, -0.05) is 18.2 Å². The average Bonchev–Trinajstić information content (AvgIpc) is 3.03. The van der Waals surface area contributed by atoms with Gasteiger partial charge in [0.25, 0.3) is 5.91 Å². The fourth-order valence-electron chi connectivity index (χ4n) is 2.86. The molecular formula is C19H20N2O4S. The highest BCUT2D eigenvalue weighted by Gasteiger charge is 2.17. The van der Waals surface area contributed by atoms with Gasteiger partial charge in [-0.25, -0.2) is 8.42 Å². The summed E-state index contributed by atoms with van der Waals surface area (Å²) in [5.74, 6) is -0.0970. The van der Waals surface area contributed by atoms with Crippen LogP contribution in [0.4, 0.5) is 0 Å². The summed E-state index contributed by atoms with van der Waals surface area (Å²) in [7, 11) is -2.10. The van der Waals surface area contributed by atoms with Gasteiger partial charge in [0.2, 0.25) is 0 Å². The Bertz CT molecular complexity index is 1050. The van der Waals surface area contributed by atoms with Crippen molar-refractivity contribution in [3.8, 4) is 5.75 Å². The second-order valence-electron chi connectivity index (χ2n) is 6.00. The molecule has 0 unspecified atom stereocenters. The van der Waals surface area contributed by atoms with E-state index in [4.69, 9.17) is 4.74 Å². The molecule has 1 aromatic heterocycles. The third-order valence-electron chi connectivity index (χ3n) is 4.18. The minimum Gasteiger partial charge on any atom is -0.495 e. The number of hydrogen-bond acceptors (Lipinski definition) is 4. The van der Waals surface area contributed by atoms with Crippen LogP contribution < -0.4 is 10.1 Å². The lowest BCUT2D eigenvalue weighted by molar-refractivity contribution is 0.0954. The van der Waals surface area contributed by atoms with E-state index in [2.05, 4.69) is 10.3 Å². The Morgan fingerprint density at radius 3 is 2.69 bits per heavy atom. The van der Waals surface area contributed by atoms with E-state index in [9.17, 15) is 13.2 Å². The molecule has 0 aliphatic heterocycles. The first-order valence-corrected chi connectivity index (χ1v) is 10.0. The van der Waals surface area contributed by atoms with E-state index in [-0.39, 0.29) is 22.1 Å². The van der Waals surface area contributed by atoms with E-state index in [1.165, 1.54) is 19.2 Å². The van der Waals surface area contributed by atoms with E-state index < -0.39 is 9.84 Å². The number of aromatic amines is 1. The molecule has 136 valence electrons. The molecule has 2 aromatic carbocycles. The SMILES string of the molecule is COc1ccc(C(=O)NCCc2c[nH]c3ccccc23)cc1S(C)(=O)=O. The van der Waals surface area contributed by atoms with Crippen LogP contribution in [0.15, 0.2) is 53.6 Å². The molecule has 0 radical (unpaired) electrons. The quantitative estimate of drug-likeness (QED) is 0.696. The molecule has 0 bridgehead atoms. The van der Waals surface area contributed by atoms with Gasteiger partial charge in [0, 0.05) is 35.5 Å². The van der Waals surface area contributed by atoms with Crippen LogP contribution in [0.5, 0.6) is 5.75 Å². The van der Waals surface area contributed by atoms with Crippen LogP contribution >= 0.6 is 0 Å². The van der Waals surface area contributed by atoms with Crippen molar-refractivity contribution < 1.29 is 17.9 Å². The predicted octanol–water partition coefficient (Wildman–Crippen LogP) is 2.55. The summed E-state index contributed by atoms with van der Waals surface area (Å²) < 4.78 is 28.8. The first kappa shape index (κ1) is 18.0. The molecule has 2 N–H and O–H groups in total. The monoisotopic (exact) mass is 372 g/mol. The average molecular weight is 372 g/mol. The Morgan fingerprint density at radius 2 is 1.96 bits per heavy atom. The molecule has 7 heteroatoms. The number of benzene rings is 2. The molecule has 0 spiro atoms. The smallest absolute Gasteiger partial charge is 0.251 e. The van der Waals surface area contributed by atoms with Crippen LogP contribution in [0.3, 0.4) is 0 Å². The Balaban J connectivity index is 1.70. The van der Waals surface area contributed by atoms with Gasteiger partial charge in [0.15, 0.2) is 9.84 Å². The second-order valence-corrected chi connectivity index (χ2v) is 7.99. The van der Waals surface area contributed by atoms with Crippen LogP contribution in [-0.4, -0.2) is 39.2 Å². The fraction of sp³-hybridized carbons (Fsp3) is 0.211. The molecule has 0 saturated carbocycles. The highest BCUT2D eigenvalue weighted by molar-refractivity contribution is 7.90. The normalized spacial score (nSPS) is 11.5. The minimum atomic E-state index is -3.49. The van der Waals surface area contributed by atoms with Gasteiger partial charge < -0.3 is 15.0 Å². The number of para-hydroxylation sites is 1. The number of nitrogens with one attached hydrogen (secondary N) is 2. The van der Waals surface area contributed by atoms with Gasteiger partial charge in [-0.05, 0) is 36.2 Å². The molecule has 3 aromatic rings. The molecule has 26 heavy (non-hydrogen) atoms. The van der Waals surface area contributed by atoms with Crippen LogP contribution in [0.1, 0.15) is 15.9 Å². The third-order valence-corrected chi connectivity index (χ3v) is 5.30. The molecule has 0 fully saturated rings. The van der Waals surface area contributed by atoms with E-state index in [0.29, 0.717) is 13.0 Å². The van der Waals surface area contributed by atoms with Crippen LogP contribution in [0.2, 0.25) is 0 Å². The largest absolute Gasteiger partial charge is 0.495 e. The van der Waals surface area contributed by atoms with Crippen molar-refractivity contribution in [3.05, 3.63) is 59.8 Å². The second kappa shape index (κ2) is 7.21. The van der Waals surface area contributed by atoms with Crippen molar-refractivity contribution in [1.82, 2.24) is 10.3 Å². The third kappa shape index (κ3) is 3.72. The maximum atomic E-state index is 12.4. The van der Waals surface area contributed by atoms with Crippen LogP contribution in [0.25, 0.3) is 10.9 Å². The summed E-state index contributed by atoms with van der Waals surface area (Å²) in [6.07, 6.45) is 3.69. The molecule has 1 amide bonds. The molecule has 1 heterocycles. The van der Waals surface area contributed by atoms with E-state index in [1.54, 1.807) is 6.07 Å². The maximum absolute atomic E-state index is 12.4.